The van der Waals surface area contributed by atoms with Crippen LogP contribution in [0.4, 0.5) is 10.1 Å². The topological polar surface area (TPSA) is 77.0 Å². The Hall–Kier alpha value is -2.91. The number of halogens is 1. The van der Waals surface area contributed by atoms with Gasteiger partial charge in [-0.1, -0.05) is 36.0 Å². The Bertz CT molecular complexity index is 1030. The molecule has 2 N–H and O–H groups in total. The van der Waals surface area contributed by atoms with Gasteiger partial charge < -0.3 is 4.90 Å². The maximum Gasteiger partial charge on any atom is 0.264 e. The molecule has 2 amide bonds. The first-order valence-electron chi connectivity index (χ1n) is 10.3. The zero-order chi connectivity index (χ0) is 21.4. The Kier molecular flexibility index (Phi) is 5.37. The number of amides is 2. The number of thioether (sulfide) groups is 1. The zero-order valence-corrected chi connectivity index (χ0v) is 17.6. The van der Waals surface area contributed by atoms with Gasteiger partial charge in [0.2, 0.25) is 5.91 Å². The van der Waals surface area contributed by atoms with Crippen molar-refractivity contribution in [3.8, 4) is 0 Å². The van der Waals surface area contributed by atoms with Crippen molar-refractivity contribution in [2.24, 2.45) is 5.10 Å². The number of nitrogens with one attached hydrogen (secondary N) is 2. The second-order valence-electron chi connectivity index (χ2n) is 7.83. The van der Waals surface area contributed by atoms with E-state index in [9.17, 15) is 14.0 Å². The molecule has 9 heteroatoms. The fourth-order valence-electron chi connectivity index (χ4n) is 4.13. The van der Waals surface area contributed by atoms with E-state index in [-0.39, 0.29) is 29.7 Å². The minimum atomic E-state index is -0.362. The van der Waals surface area contributed by atoms with Gasteiger partial charge >= 0.3 is 0 Å². The fourth-order valence-corrected chi connectivity index (χ4v) is 5.05. The number of hydrazine groups is 1. The molecule has 2 atom stereocenters. The molecule has 2 fully saturated rings. The first-order chi connectivity index (χ1) is 15.1. The summed E-state index contributed by atoms with van der Waals surface area (Å²) in [6.07, 6.45) is 2.10. The molecule has 0 spiro atoms. The van der Waals surface area contributed by atoms with Crippen molar-refractivity contribution in [2.45, 2.75) is 37.1 Å². The Balaban J connectivity index is 1.24. The summed E-state index contributed by atoms with van der Waals surface area (Å²) in [5.41, 5.74) is 8.93. The van der Waals surface area contributed by atoms with E-state index in [0.29, 0.717) is 23.8 Å². The van der Waals surface area contributed by atoms with Crippen LogP contribution in [0.5, 0.6) is 0 Å². The monoisotopic (exact) mass is 439 g/mol. The normalized spacial score (nSPS) is 23.1. The van der Waals surface area contributed by atoms with Gasteiger partial charge in [-0.05, 0) is 48.2 Å². The van der Waals surface area contributed by atoms with Gasteiger partial charge in [-0.2, -0.15) is 0 Å². The van der Waals surface area contributed by atoms with Gasteiger partial charge in [0, 0.05) is 24.4 Å². The van der Waals surface area contributed by atoms with Crippen molar-refractivity contribution in [1.29, 1.82) is 0 Å². The van der Waals surface area contributed by atoms with Crippen LogP contribution in [0, 0.1) is 5.82 Å². The van der Waals surface area contributed by atoms with E-state index in [1.54, 1.807) is 12.1 Å². The maximum atomic E-state index is 13.3. The molecule has 0 aromatic heterocycles. The highest BCUT2D eigenvalue weighted by molar-refractivity contribution is 8.13. The molecule has 2 unspecified atom stereocenters. The molecule has 3 aliphatic heterocycles. The van der Waals surface area contributed by atoms with Crippen molar-refractivity contribution >= 4 is 34.4 Å². The molecule has 31 heavy (non-hydrogen) atoms. The van der Waals surface area contributed by atoms with Gasteiger partial charge in [-0.15, -0.1) is 5.10 Å². The third-order valence-electron chi connectivity index (χ3n) is 5.80. The second kappa shape index (κ2) is 8.32. The predicted octanol–water partition coefficient (Wildman–Crippen LogP) is 2.91. The molecular weight excluding hydrogens is 417 g/mol. The van der Waals surface area contributed by atoms with E-state index >= 15 is 0 Å². The van der Waals surface area contributed by atoms with Crippen molar-refractivity contribution in [2.75, 3.05) is 11.4 Å². The van der Waals surface area contributed by atoms with Crippen LogP contribution in [-0.2, 0) is 15.3 Å². The third kappa shape index (κ3) is 4.03. The van der Waals surface area contributed by atoms with E-state index in [1.807, 2.05) is 34.2 Å². The number of hydrazone groups is 1. The minimum absolute atomic E-state index is 0.0856. The lowest BCUT2D eigenvalue weighted by atomic mass is 10.0. The summed E-state index contributed by atoms with van der Waals surface area (Å²) >= 11 is 1.53. The molecule has 0 saturated carbocycles. The zero-order valence-electron chi connectivity index (χ0n) is 16.8. The molecule has 160 valence electrons. The summed E-state index contributed by atoms with van der Waals surface area (Å²) in [4.78, 5) is 26.1. The number of benzene rings is 2. The van der Waals surface area contributed by atoms with Crippen LogP contribution in [0.15, 0.2) is 53.6 Å². The first-order valence-corrected chi connectivity index (χ1v) is 11.3. The average Bonchev–Trinajstić information content (AvgIpc) is 3.42. The summed E-state index contributed by atoms with van der Waals surface area (Å²) in [5.74, 6) is 0.419. The van der Waals surface area contributed by atoms with Gasteiger partial charge in [0.25, 0.3) is 5.91 Å². The highest BCUT2D eigenvalue weighted by Gasteiger charge is 2.41. The quantitative estimate of drug-likeness (QED) is 0.766. The Morgan fingerprint density at radius 3 is 2.58 bits per heavy atom. The molecule has 0 radical (unpaired) electrons. The van der Waals surface area contributed by atoms with E-state index in [0.717, 1.165) is 29.8 Å². The molecular formula is C22H22FN5O2S. The minimum Gasteiger partial charge on any atom is -0.312 e. The second-order valence-corrected chi connectivity index (χ2v) is 8.77. The van der Waals surface area contributed by atoms with E-state index in [1.165, 1.54) is 23.9 Å². The van der Waals surface area contributed by atoms with Gasteiger partial charge in [0.1, 0.15) is 11.9 Å². The van der Waals surface area contributed by atoms with Crippen LogP contribution in [0.1, 0.15) is 36.4 Å². The van der Waals surface area contributed by atoms with Crippen LogP contribution in [0.3, 0.4) is 0 Å². The lowest BCUT2D eigenvalue weighted by molar-refractivity contribution is -0.125. The summed E-state index contributed by atoms with van der Waals surface area (Å²) in [5, 5.41) is 6.73. The van der Waals surface area contributed by atoms with Crippen LogP contribution in [0.2, 0.25) is 0 Å². The molecule has 7 nitrogen and oxygen atoms in total. The third-order valence-corrected chi connectivity index (χ3v) is 6.82. The summed E-state index contributed by atoms with van der Waals surface area (Å²) < 4.78 is 13.3. The lowest BCUT2D eigenvalue weighted by Gasteiger charge is -2.29. The molecule has 0 bridgehead atoms. The average molecular weight is 440 g/mol. The Morgan fingerprint density at radius 2 is 1.87 bits per heavy atom. The highest BCUT2D eigenvalue weighted by atomic mass is 32.2. The number of fused-ring (bicyclic) bond motifs is 1. The number of nitrogens with zero attached hydrogens (tertiary/aromatic N) is 3. The van der Waals surface area contributed by atoms with Crippen molar-refractivity contribution in [3.05, 3.63) is 65.5 Å². The molecule has 3 heterocycles. The summed E-state index contributed by atoms with van der Waals surface area (Å²) in [7, 11) is 0. The van der Waals surface area contributed by atoms with E-state index < -0.39 is 0 Å². The smallest absolute Gasteiger partial charge is 0.264 e. The fraction of sp³-hybridized carbons (Fsp3) is 0.318. The van der Waals surface area contributed by atoms with Crippen LogP contribution < -0.4 is 15.8 Å². The van der Waals surface area contributed by atoms with E-state index in [4.69, 9.17) is 0 Å². The first kappa shape index (κ1) is 20.0. The molecule has 5 rings (SSSR count). The maximum absolute atomic E-state index is 13.3. The number of rotatable bonds is 4. The molecule has 2 aromatic carbocycles. The summed E-state index contributed by atoms with van der Waals surface area (Å²) in [6.45, 7) is 0.778. The molecule has 0 aliphatic carbocycles. The molecule has 2 saturated heterocycles. The van der Waals surface area contributed by atoms with Gasteiger partial charge in [-0.25, -0.2) is 15.2 Å². The highest BCUT2D eigenvalue weighted by Crippen LogP contribution is 2.32. The Morgan fingerprint density at radius 1 is 1.10 bits per heavy atom. The van der Waals surface area contributed by atoms with Crippen molar-refractivity contribution in [3.63, 3.8) is 0 Å². The van der Waals surface area contributed by atoms with Crippen molar-refractivity contribution < 1.29 is 14.0 Å². The number of carbonyl (C=O) groups excluding carboxylic acids is 2. The Labute approximate surface area is 183 Å². The predicted molar refractivity (Wildman–Crippen MR) is 117 cm³/mol. The summed E-state index contributed by atoms with van der Waals surface area (Å²) in [6, 6.07) is 13.9. The van der Waals surface area contributed by atoms with E-state index in [2.05, 4.69) is 16.0 Å². The lowest BCUT2D eigenvalue weighted by Crippen LogP contribution is -2.52. The number of amidine groups is 1. The molecule has 2 aromatic rings. The standard InChI is InChI=1S/C22H22FN5O2S/c23-16-7-5-15(6-8-16)18-12-19-21(30)24-25-22(28(19)26-18)31-13-14-3-9-17(10-4-14)27-11-1-2-20(27)29/h3-10,18-19,26H,1-2,11-13H2,(H,24,30). The number of hydrogen-bond acceptors (Lipinski definition) is 6. The van der Waals surface area contributed by atoms with Gasteiger partial charge in [0.05, 0.1) is 6.04 Å². The largest absolute Gasteiger partial charge is 0.312 e. The van der Waals surface area contributed by atoms with Crippen LogP contribution in [-0.4, -0.2) is 34.6 Å². The van der Waals surface area contributed by atoms with Crippen LogP contribution >= 0.6 is 11.8 Å². The van der Waals surface area contributed by atoms with Crippen molar-refractivity contribution in [1.82, 2.24) is 15.9 Å². The number of anilines is 1. The number of carbonyl (C=O) groups is 2. The number of hydrogen-bond donors (Lipinski definition) is 2. The van der Waals surface area contributed by atoms with Gasteiger partial charge in [0.15, 0.2) is 5.17 Å². The SMILES string of the molecule is O=C1NN=C(SCc2ccc(N3CCCC3=O)cc2)N2NC(c3ccc(F)cc3)CC12. The van der Waals surface area contributed by atoms with Gasteiger partial charge in [-0.3, -0.25) is 14.6 Å². The van der Waals surface area contributed by atoms with Crippen LogP contribution in [0.25, 0.3) is 0 Å². The molecule has 3 aliphatic rings.